The van der Waals surface area contributed by atoms with E-state index in [1.165, 1.54) is 85.4 Å². The standard InChI is InChI=1S/C57H42N2S/c1-57(2)51-31-13-9-27-45(51)49-38-56-50(37-52(49)57)48-30-12-16-34-55(48)59(56)40-20-18-26-44(36-40)60(41-21-5-3-6-22-41,42-23-7-4-8-24-42)43-25-17-19-39(35-43)58-53-32-14-10-28-46(53)47-29-11-15-33-54(47)58/h3-38H,1-2H3. The van der Waals surface area contributed by atoms with Crippen molar-refractivity contribution in [1.29, 1.82) is 0 Å². The van der Waals surface area contributed by atoms with Crippen LogP contribution in [0, 0.1) is 0 Å². The molecule has 0 N–H and O–H groups in total. The maximum atomic E-state index is 2.51. The number of nitrogens with zero attached hydrogens (tertiary/aromatic N) is 2. The summed E-state index contributed by atoms with van der Waals surface area (Å²) in [6.45, 7) is 4.75. The lowest BCUT2D eigenvalue weighted by Gasteiger charge is -2.42. The Balaban J connectivity index is 1.14. The number of rotatable bonds is 6. The zero-order chi connectivity index (χ0) is 40.0. The molecule has 3 heteroatoms. The molecular formula is C57H42N2S. The van der Waals surface area contributed by atoms with Gasteiger partial charge in [-0.1, -0.05) is 141 Å². The number of fused-ring (bicyclic) bond motifs is 9. The smallest absolute Gasteiger partial charge is 0.0547 e. The summed E-state index contributed by atoms with van der Waals surface area (Å²) >= 11 is 0. The topological polar surface area (TPSA) is 9.86 Å². The lowest BCUT2D eigenvalue weighted by Crippen LogP contribution is -2.14. The van der Waals surface area contributed by atoms with Crippen LogP contribution in [0.3, 0.4) is 0 Å². The van der Waals surface area contributed by atoms with Gasteiger partial charge in [0.1, 0.15) is 0 Å². The molecule has 0 unspecified atom stereocenters. The molecule has 0 fully saturated rings. The Morgan fingerprint density at radius 1 is 0.317 bits per heavy atom. The minimum atomic E-state index is -2.04. The van der Waals surface area contributed by atoms with Crippen molar-refractivity contribution in [2.75, 3.05) is 0 Å². The van der Waals surface area contributed by atoms with Crippen LogP contribution in [0.2, 0.25) is 0 Å². The monoisotopic (exact) mass is 786 g/mol. The number of hydrogen-bond acceptors (Lipinski definition) is 0. The Morgan fingerprint density at radius 3 is 1.30 bits per heavy atom. The number of aromatic nitrogens is 2. The van der Waals surface area contributed by atoms with E-state index in [0.29, 0.717) is 0 Å². The summed E-state index contributed by atoms with van der Waals surface area (Å²) in [6, 6.07) is 81.7. The molecule has 286 valence electrons. The summed E-state index contributed by atoms with van der Waals surface area (Å²) in [7, 11) is -2.04. The maximum Gasteiger partial charge on any atom is 0.0547 e. The van der Waals surface area contributed by atoms with Gasteiger partial charge in [0.2, 0.25) is 0 Å². The molecule has 0 aliphatic heterocycles. The Morgan fingerprint density at radius 2 is 0.750 bits per heavy atom. The van der Waals surface area contributed by atoms with E-state index < -0.39 is 10.0 Å². The second kappa shape index (κ2) is 13.2. The van der Waals surface area contributed by atoms with Crippen LogP contribution < -0.4 is 0 Å². The average molecular weight is 787 g/mol. The molecule has 0 atom stereocenters. The van der Waals surface area contributed by atoms with Gasteiger partial charge in [-0.25, -0.2) is 0 Å². The highest BCUT2D eigenvalue weighted by molar-refractivity contribution is 8.34. The fourth-order valence-corrected chi connectivity index (χ4v) is 14.3. The summed E-state index contributed by atoms with van der Waals surface area (Å²) in [6.07, 6.45) is 0. The van der Waals surface area contributed by atoms with E-state index in [4.69, 9.17) is 0 Å². The summed E-state index contributed by atoms with van der Waals surface area (Å²) in [5.74, 6) is 0. The molecule has 60 heavy (non-hydrogen) atoms. The maximum absolute atomic E-state index is 2.51. The predicted molar refractivity (Wildman–Crippen MR) is 253 cm³/mol. The third kappa shape index (κ3) is 4.90. The van der Waals surface area contributed by atoms with Crippen LogP contribution in [0.4, 0.5) is 0 Å². The highest BCUT2D eigenvalue weighted by Crippen LogP contribution is 2.73. The fourth-order valence-electron chi connectivity index (χ4n) is 10.3. The molecule has 1 aliphatic rings. The molecule has 9 aromatic carbocycles. The zero-order valence-corrected chi connectivity index (χ0v) is 34.4. The van der Waals surface area contributed by atoms with Gasteiger partial charge >= 0.3 is 0 Å². The second-order valence-electron chi connectivity index (χ2n) is 16.5. The van der Waals surface area contributed by atoms with Gasteiger partial charge in [0.15, 0.2) is 0 Å². The summed E-state index contributed by atoms with van der Waals surface area (Å²) in [5, 5.41) is 5.09. The van der Waals surface area contributed by atoms with E-state index in [-0.39, 0.29) is 5.41 Å². The van der Waals surface area contributed by atoms with Gasteiger partial charge in [-0.3, -0.25) is 0 Å². The van der Waals surface area contributed by atoms with E-state index in [0.717, 1.165) is 11.4 Å². The highest BCUT2D eigenvalue weighted by Gasteiger charge is 2.37. The minimum absolute atomic E-state index is 0.0780. The second-order valence-corrected chi connectivity index (χ2v) is 19.7. The molecule has 0 bridgehead atoms. The van der Waals surface area contributed by atoms with E-state index >= 15 is 0 Å². The predicted octanol–water partition coefficient (Wildman–Crippen LogP) is 15.5. The van der Waals surface area contributed by atoms with Crippen LogP contribution in [0.15, 0.2) is 238 Å². The molecule has 0 spiro atoms. The van der Waals surface area contributed by atoms with Crippen molar-refractivity contribution in [1.82, 2.24) is 9.13 Å². The van der Waals surface area contributed by atoms with Crippen LogP contribution in [0.1, 0.15) is 25.0 Å². The highest BCUT2D eigenvalue weighted by atomic mass is 32.3. The van der Waals surface area contributed by atoms with Crippen molar-refractivity contribution in [2.45, 2.75) is 38.8 Å². The van der Waals surface area contributed by atoms with Crippen LogP contribution >= 0.6 is 10.0 Å². The van der Waals surface area contributed by atoms with Crippen LogP contribution in [-0.2, 0) is 5.41 Å². The Labute approximate surface area is 351 Å². The van der Waals surface area contributed by atoms with Gasteiger partial charge in [0, 0.05) is 57.9 Å². The van der Waals surface area contributed by atoms with Crippen molar-refractivity contribution in [3.63, 3.8) is 0 Å². The first-order chi connectivity index (χ1) is 29.5. The van der Waals surface area contributed by atoms with Gasteiger partial charge in [0.05, 0.1) is 22.1 Å². The van der Waals surface area contributed by atoms with Gasteiger partial charge < -0.3 is 9.13 Å². The molecule has 0 saturated heterocycles. The molecule has 2 heterocycles. The van der Waals surface area contributed by atoms with Crippen LogP contribution in [0.5, 0.6) is 0 Å². The van der Waals surface area contributed by atoms with Gasteiger partial charge in [-0.05, 0) is 113 Å². The van der Waals surface area contributed by atoms with Crippen molar-refractivity contribution in [3.05, 3.63) is 230 Å². The molecule has 12 rings (SSSR count). The quantitative estimate of drug-likeness (QED) is 0.159. The molecule has 1 aliphatic carbocycles. The third-order valence-electron chi connectivity index (χ3n) is 13.0. The molecule has 11 aromatic rings. The van der Waals surface area contributed by atoms with Crippen LogP contribution in [-0.4, -0.2) is 9.13 Å². The summed E-state index contributed by atoms with van der Waals surface area (Å²) in [4.78, 5) is 5.17. The van der Waals surface area contributed by atoms with Gasteiger partial charge in [-0.15, -0.1) is 10.0 Å². The van der Waals surface area contributed by atoms with Crippen molar-refractivity contribution >= 4 is 53.6 Å². The molecule has 0 radical (unpaired) electrons. The van der Waals surface area contributed by atoms with Gasteiger partial charge in [0.25, 0.3) is 0 Å². The molecular weight excluding hydrogens is 745 g/mol. The van der Waals surface area contributed by atoms with Gasteiger partial charge in [-0.2, -0.15) is 0 Å². The Bertz CT molecular complexity index is 3370. The molecule has 2 aromatic heterocycles. The summed E-state index contributed by atoms with van der Waals surface area (Å²) in [5.41, 5.74) is 12.6. The number of para-hydroxylation sites is 3. The van der Waals surface area contributed by atoms with E-state index in [2.05, 4.69) is 241 Å². The lowest BCUT2D eigenvalue weighted by atomic mass is 9.82. The van der Waals surface area contributed by atoms with E-state index in [1.54, 1.807) is 0 Å². The van der Waals surface area contributed by atoms with Crippen molar-refractivity contribution < 1.29 is 0 Å². The zero-order valence-electron chi connectivity index (χ0n) is 33.6. The van der Waals surface area contributed by atoms with E-state index in [9.17, 15) is 0 Å². The largest absolute Gasteiger partial charge is 0.309 e. The Kier molecular flexibility index (Phi) is 7.70. The Hall–Kier alpha value is -7.07. The molecule has 2 nitrogen and oxygen atoms in total. The lowest BCUT2D eigenvalue weighted by molar-refractivity contribution is 0.661. The van der Waals surface area contributed by atoms with Crippen molar-refractivity contribution in [2.24, 2.45) is 0 Å². The first-order valence-corrected chi connectivity index (χ1v) is 22.5. The number of hydrogen-bond donors (Lipinski definition) is 0. The SMILES string of the molecule is CC1(C)c2ccccc2-c2cc3c(cc21)c1ccccc1n3-c1cccc(S(c2ccccc2)(c2ccccc2)c2cccc(-n3c4ccccc4c4ccccc43)c2)c1. The normalized spacial score (nSPS) is 13.6. The summed E-state index contributed by atoms with van der Waals surface area (Å²) < 4.78 is 4.96. The van der Waals surface area contributed by atoms with Crippen LogP contribution in [0.25, 0.3) is 66.1 Å². The minimum Gasteiger partial charge on any atom is -0.309 e. The fraction of sp³-hybridized carbons (Fsp3) is 0.0526. The molecule has 0 amide bonds. The average Bonchev–Trinajstić information content (AvgIpc) is 3.90. The number of benzene rings is 9. The first-order valence-electron chi connectivity index (χ1n) is 20.8. The third-order valence-corrected chi connectivity index (χ3v) is 16.9. The molecule has 0 saturated carbocycles. The van der Waals surface area contributed by atoms with Crippen molar-refractivity contribution in [3.8, 4) is 22.5 Å². The first kappa shape index (κ1) is 34.9. The van der Waals surface area contributed by atoms with E-state index in [1.807, 2.05) is 0 Å².